The summed E-state index contributed by atoms with van der Waals surface area (Å²) in [4.78, 5) is 29.4. The van der Waals surface area contributed by atoms with Crippen molar-refractivity contribution in [1.29, 1.82) is 0 Å². The number of aliphatic carboxylic acids is 1. The third kappa shape index (κ3) is 2.75. The van der Waals surface area contributed by atoms with Crippen LogP contribution in [0, 0.1) is 17.2 Å². The number of nitrogens with zero attached hydrogens (tertiary/aromatic N) is 2. The summed E-state index contributed by atoms with van der Waals surface area (Å²) in [6.45, 7) is 2.46. The SMILES string of the molecule is C[C@H](NC(=O)N1C[C@@H]2CCC[C@@]2(C(=O)O)C1)c1cncc(F)c1. The number of urea groups is 1. The second kappa shape index (κ2) is 5.79. The molecule has 0 aromatic carbocycles. The van der Waals surface area contributed by atoms with Crippen LogP contribution in [0.1, 0.15) is 37.8 Å². The molecular formula is C16H20FN3O3. The monoisotopic (exact) mass is 321 g/mol. The molecule has 1 aliphatic heterocycles. The topological polar surface area (TPSA) is 82.5 Å². The van der Waals surface area contributed by atoms with Gasteiger partial charge in [0.1, 0.15) is 5.82 Å². The Bertz CT molecular complexity index is 639. The standard InChI is InChI=1S/C16H20FN3O3/c1-10(11-5-13(17)7-18-6-11)19-15(23)20-8-12-3-2-4-16(12,9-20)14(21)22/h5-7,10,12H,2-4,8-9H2,1H3,(H,19,23)(H,21,22)/t10-,12-,16+/m0/s1. The summed E-state index contributed by atoms with van der Waals surface area (Å²) in [5, 5.41) is 12.4. The number of nitrogens with one attached hydrogen (secondary N) is 1. The Hall–Kier alpha value is -2.18. The molecule has 3 rings (SSSR count). The number of pyridine rings is 1. The van der Waals surface area contributed by atoms with Gasteiger partial charge in [0.25, 0.3) is 0 Å². The minimum atomic E-state index is -0.808. The van der Waals surface area contributed by atoms with Crippen LogP contribution in [-0.4, -0.2) is 40.1 Å². The number of halogens is 1. The highest BCUT2D eigenvalue weighted by Crippen LogP contribution is 2.48. The first-order valence-electron chi connectivity index (χ1n) is 7.81. The van der Waals surface area contributed by atoms with Gasteiger partial charge in [-0.05, 0) is 37.3 Å². The van der Waals surface area contributed by atoms with Crippen LogP contribution in [0.4, 0.5) is 9.18 Å². The van der Waals surface area contributed by atoms with E-state index in [2.05, 4.69) is 10.3 Å². The first kappa shape index (κ1) is 15.7. The lowest BCUT2D eigenvalue weighted by atomic mass is 9.81. The second-order valence-electron chi connectivity index (χ2n) is 6.54. The van der Waals surface area contributed by atoms with Gasteiger partial charge in [-0.1, -0.05) is 6.42 Å². The van der Waals surface area contributed by atoms with Gasteiger partial charge in [0.15, 0.2) is 0 Å². The van der Waals surface area contributed by atoms with Gasteiger partial charge < -0.3 is 15.3 Å². The molecule has 2 N–H and O–H groups in total. The van der Waals surface area contributed by atoms with Crippen LogP contribution in [0.3, 0.4) is 0 Å². The van der Waals surface area contributed by atoms with Crippen LogP contribution in [-0.2, 0) is 4.79 Å². The van der Waals surface area contributed by atoms with Crippen LogP contribution in [0.25, 0.3) is 0 Å². The molecule has 0 radical (unpaired) electrons. The summed E-state index contributed by atoms with van der Waals surface area (Å²) in [5.74, 6) is -1.24. The predicted octanol–water partition coefficient (Wildman–Crippen LogP) is 2.18. The molecule has 0 bridgehead atoms. The zero-order chi connectivity index (χ0) is 16.6. The van der Waals surface area contributed by atoms with Gasteiger partial charge in [-0.3, -0.25) is 9.78 Å². The van der Waals surface area contributed by atoms with Gasteiger partial charge in [0.2, 0.25) is 0 Å². The highest BCUT2D eigenvalue weighted by atomic mass is 19.1. The number of hydrogen-bond acceptors (Lipinski definition) is 3. The summed E-state index contributed by atoms with van der Waals surface area (Å²) in [5.41, 5.74) is -0.216. The van der Waals surface area contributed by atoms with Crippen LogP contribution in [0.5, 0.6) is 0 Å². The number of rotatable bonds is 3. The average Bonchev–Trinajstić information content (AvgIpc) is 3.05. The highest BCUT2D eigenvalue weighted by Gasteiger charge is 2.55. The van der Waals surface area contributed by atoms with E-state index in [0.717, 1.165) is 19.0 Å². The average molecular weight is 321 g/mol. The molecule has 1 aliphatic carbocycles. The normalized spacial score (nSPS) is 27.6. The van der Waals surface area contributed by atoms with Crippen molar-refractivity contribution < 1.29 is 19.1 Å². The first-order chi connectivity index (χ1) is 10.9. The predicted molar refractivity (Wildman–Crippen MR) is 80.1 cm³/mol. The van der Waals surface area contributed by atoms with E-state index in [9.17, 15) is 19.1 Å². The summed E-state index contributed by atoms with van der Waals surface area (Å²) < 4.78 is 13.2. The smallest absolute Gasteiger partial charge is 0.317 e. The lowest BCUT2D eigenvalue weighted by Gasteiger charge is -2.24. The number of fused-ring (bicyclic) bond motifs is 1. The Morgan fingerprint density at radius 3 is 2.96 bits per heavy atom. The van der Waals surface area contributed by atoms with Crippen LogP contribution in [0.15, 0.2) is 18.5 Å². The van der Waals surface area contributed by atoms with E-state index < -0.39 is 23.2 Å². The quantitative estimate of drug-likeness (QED) is 0.894. The van der Waals surface area contributed by atoms with Gasteiger partial charge in [0.05, 0.1) is 17.7 Å². The Morgan fingerprint density at radius 2 is 2.30 bits per heavy atom. The van der Waals surface area contributed by atoms with E-state index in [1.54, 1.807) is 11.8 Å². The maximum absolute atomic E-state index is 13.2. The van der Waals surface area contributed by atoms with Gasteiger partial charge >= 0.3 is 12.0 Å². The van der Waals surface area contributed by atoms with E-state index >= 15 is 0 Å². The van der Waals surface area contributed by atoms with Crippen molar-refractivity contribution in [1.82, 2.24) is 15.2 Å². The first-order valence-corrected chi connectivity index (χ1v) is 7.81. The Labute approximate surface area is 133 Å². The summed E-state index contributed by atoms with van der Waals surface area (Å²) >= 11 is 0. The van der Waals surface area contributed by atoms with Crippen molar-refractivity contribution in [3.05, 3.63) is 29.8 Å². The summed E-state index contributed by atoms with van der Waals surface area (Å²) in [7, 11) is 0. The molecule has 1 aromatic rings. The molecule has 1 saturated heterocycles. The lowest BCUT2D eigenvalue weighted by Crippen LogP contribution is -2.42. The number of hydrogen-bond donors (Lipinski definition) is 2. The number of aromatic nitrogens is 1. The minimum absolute atomic E-state index is 0.0249. The molecule has 2 fully saturated rings. The van der Waals surface area contributed by atoms with Crippen molar-refractivity contribution in [2.75, 3.05) is 13.1 Å². The zero-order valence-corrected chi connectivity index (χ0v) is 13.0. The molecular weight excluding hydrogens is 301 g/mol. The van der Waals surface area contributed by atoms with E-state index in [-0.39, 0.29) is 18.5 Å². The lowest BCUT2D eigenvalue weighted by molar-refractivity contribution is -0.149. The fraction of sp³-hybridized carbons (Fsp3) is 0.562. The summed E-state index contributed by atoms with van der Waals surface area (Å²) in [6.07, 6.45) is 4.99. The maximum atomic E-state index is 13.2. The minimum Gasteiger partial charge on any atom is -0.481 e. The van der Waals surface area contributed by atoms with E-state index in [4.69, 9.17) is 0 Å². The molecule has 0 unspecified atom stereocenters. The molecule has 7 heteroatoms. The molecule has 2 aliphatic rings. The van der Waals surface area contributed by atoms with E-state index in [1.807, 2.05) is 0 Å². The van der Waals surface area contributed by atoms with Gasteiger partial charge in [-0.25, -0.2) is 9.18 Å². The number of likely N-dealkylation sites (tertiary alicyclic amines) is 1. The number of carboxylic acids is 1. The molecule has 1 aromatic heterocycles. The fourth-order valence-corrected chi connectivity index (χ4v) is 3.82. The molecule has 124 valence electrons. The van der Waals surface area contributed by atoms with E-state index in [1.165, 1.54) is 12.3 Å². The van der Waals surface area contributed by atoms with Gasteiger partial charge in [-0.2, -0.15) is 0 Å². The van der Waals surface area contributed by atoms with Crippen LogP contribution in [0.2, 0.25) is 0 Å². The van der Waals surface area contributed by atoms with Crippen molar-refractivity contribution in [3.8, 4) is 0 Å². The van der Waals surface area contributed by atoms with Crippen molar-refractivity contribution >= 4 is 12.0 Å². The Kier molecular flexibility index (Phi) is 3.95. The maximum Gasteiger partial charge on any atom is 0.317 e. The number of carbonyl (C=O) groups is 2. The van der Waals surface area contributed by atoms with Crippen LogP contribution < -0.4 is 5.32 Å². The third-order valence-corrected chi connectivity index (χ3v) is 5.15. The molecule has 23 heavy (non-hydrogen) atoms. The van der Waals surface area contributed by atoms with Crippen LogP contribution >= 0.6 is 0 Å². The molecule has 2 heterocycles. The van der Waals surface area contributed by atoms with Crippen molar-refractivity contribution in [3.63, 3.8) is 0 Å². The third-order valence-electron chi connectivity index (χ3n) is 5.15. The van der Waals surface area contributed by atoms with Gasteiger partial charge in [0, 0.05) is 19.3 Å². The number of carboxylic acid groups (broad SMARTS) is 1. The van der Waals surface area contributed by atoms with Crippen molar-refractivity contribution in [2.45, 2.75) is 32.2 Å². The second-order valence-corrected chi connectivity index (χ2v) is 6.54. The molecule has 2 amide bonds. The molecule has 1 saturated carbocycles. The Balaban J connectivity index is 1.67. The molecule has 3 atom stereocenters. The Morgan fingerprint density at radius 1 is 1.52 bits per heavy atom. The highest BCUT2D eigenvalue weighted by molar-refractivity contribution is 5.80. The number of amides is 2. The molecule has 6 nitrogen and oxygen atoms in total. The molecule has 0 spiro atoms. The number of carbonyl (C=O) groups excluding carboxylic acids is 1. The van der Waals surface area contributed by atoms with E-state index in [0.29, 0.717) is 18.5 Å². The van der Waals surface area contributed by atoms with Crippen molar-refractivity contribution in [2.24, 2.45) is 11.3 Å². The zero-order valence-electron chi connectivity index (χ0n) is 13.0. The fourth-order valence-electron chi connectivity index (χ4n) is 3.82. The van der Waals surface area contributed by atoms with Gasteiger partial charge in [-0.15, -0.1) is 0 Å². The summed E-state index contributed by atoms with van der Waals surface area (Å²) in [6, 6.07) is 0.624. The largest absolute Gasteiger partial charge is 0.481 e.